The molecule has 6 nitrogen and oxygen atoms in total. The van der Waals surface area contributed by atoms with Crippen LogP contribution >= 0.6 is 11.3 Å². The lowest BCUT2D eigenvalue weighted by atomic mass is 10.2. The number of rotatable bonds is 4. The average molecular weight is 314 g/mol. The van der Waals surface area contributed by atoms with E-state index in [1.807, 2.05) is 0 Å². The second-order valence-electron chi connectivity index (χ2n) is 4.31. The maximum absolute atomic E-state index is 12.5. The highest BCUT2D eigenvalue weighted by atomic mass is 32.2. The molecule has 20 heavy (non-hydrogen) atoms. The van der Waals surface area contributed by atoms with E-state index in [-0.39, 0.29) is 16.4 Å². The minimum absolute atomic E-state index is 0.0210. The van der Waals surface area contributed by atoms with E-state index in [0.717, 1.165) is 30.6 Å². The van der Waals surface area contributed by atoms with Crippen LogP contribution in [0.2, 0.25) is 0 Å². The summed E-state index contributed by atoms with van der Waals surface area (Å²) in [5.41, 5.74) is 0. The van der Waals surface area contributed by atoms with Crippen LogP contribution in [0.4, 0.5) is 0 Å². The average Bonchev–Trinajstić information content (AvgIpc) is 2.96. The van der Waals surface area contributed by atoms with Crippen molar-refractivity contribution in [2.24, 2.45) is 0 Å². The van der Waals surface area contributed by atoms with Crippen LogP contribution in [0.1, 0.15) is 28.9 Å². The number of sulfonamides is 1. The van der Waals surface area contributed by atoms with Gasteiger partial charge in [-0.1, -0.05) is 6.42 Å². The van der Waals surface area contributed by atoms with E-state index in [9.17, 15) is 13.2 Å². The summed E-state index contributed by atoms with van der Waals surface area (Å²) < 4.78 is 31.1. The van der Waals surface area contributed by atoms with Crippen molar-refractivity contribution in [2.45, 2.75) is 24.2 Å². The number of nitriles is 1. The van der Waals surface area contributed by atoms with Gasteiger partial charge in [0.1, 0.15) is 15.8 Å². The predicted molar refractivity (Wildman–Crippen MR) is 72.8 cm³/mol. The SMILES string of the molecule is N#CCOC(=O)c1sccc1S(=O)(=O)N1CCCCC1. The van der Waals surface area contributed by atoms with Crippen molar-refractivity contribution >= 4 is 27.3 Å². The Morgan fingerprint density at radius 2 is 2.10 bits per heavy atom. The molecule has 0 aliphatic carbocycles. The van der Waals surface area contributed by atoms with Gasteiger partial charge in [-0.15, -0.1) is 11.3 Å². The van der Waals surface area contributed by atoms with Crippen LogP contribution < -0.4 is 0 Å². The van der Waals surface area contributed by atoms with Gasteiger partial charge in [-0.05, 0) is 24.3 Å². The topological polar surface area (TPSA) is 87.5 Å². The molecule has 0 saturated carbocycles. The molecule has 0 radical (unpaired) electrons. The van der Waals surface area contributed by atoms with Crippen LogP contribution in [0.3, 0.4) is 0 Å². The third-order valence-corrected chi connectivity index (χ3v) is 5.98. The molecule has 8 heteroatoms. The van der Waals surface area contributed by atoms with Crippen LogP contribution in [0.5, 0.6) is 0 Å². The summed E-state index contributed by atoms with van der Waals surface area (Å²) in [6.07, 6.45) is 2.68. The van der Waals surface area contributed by atoms with E-state index in [4.69, 9.17) is 5.26 Å². The Morgan fingerprint density at radius 1 is 1.40 bits per heavy atom. The first-order valence-corrected chi connectivity index (χ1v) is 8.51. The van der Waals surface area contributed by atoms with Gasteiger partial charge in [-0.25, -0.2) is 13.2 Å². The number of carbonyl (C=O) groups excluding carboxylic acids is 1. The Kier molecular flexibility index (Phi) is 4.75. The fourth-order valence-corrected chi connectivity index (χ4v) is 4.86. The molecule has 108 valence electrons. The van der Waals surface area contributed by atoms with Gasteiger partial charge in [0.25, 0.3) is 0 Å². The zero-order valence-corrected chi connectivity index (χ0v) is 12.4. The molecule has 2 rings (SSSR count). The first-order valence-electron chi connectivity index (χ1n) is 6.19. The minimum Gasteiger partial charge on any atom is -0.446 e. The number of esters is 1. The summed E-state index contributed by atoms with van der Waals surface area (Å²) in [6, 6.07) is 3.10. The van der Waals surface area contributed by atoms with E-state index in [0.29, 0.717) is 13.1 Å². The maximum atomic E-state index is 12.5. The molecule has 0 atom stereocenters. The van der Waals surface area contributed by atoms with Gasteiger partial charge < -0.3 is 4.74 Å². The highest BCUT2D eigenvalue weighted by Crippen LogP contribution is 2.27. The van der Waals surface area contributed by atoms with Crippen LogP contribution in [0, 0.1) is 11.3 Å². The second kappa shape index (κ2) is 6.35. The minimum atomic E-state index is -3.66. The van der Waals surface area contributed by atoms with Gasteiger partial charge in [0.05, 0.1) is 0 Å². The molecule has 1 fully saturated rings. The summed E-state index contributed by atoms with van der Waals surface area (Å²) in [4.78, 5) is 11.8. The van der Waals surface area contributed by atoms with Gasteiger partial charge >= 0.3 is 5.97 Å². The summed E-state index contributed by atoms with van der Waals surface area (Å²) in [5, 5.41) is 9.94. The third kappa shape index (κ3) is 3.00. The van der Waals surface area contributed by atoms with Crippen molar-refractivity contribution in [3.05, 3.63) is 16.3 Å². The lowest BCUT2D eigenvalue weighted by Gasteiger charge is -2.25. The molecular weight excluding hydrogens is 300 g/mol. The van der Waals surface area contributed by atoms with Gasteiger partial charge in [-0.2, -0.15) is 9.57 Å². The first kappa shape index (κ1) is 15.0. The summed E-state index contributed by atoms with van der Waals surface area (Å²) >= 11 is 1.01. The molecule has 2 heterocycles. The molecule has 0 aromatic carbocycles. The van der Waals surface area contributed by atoms with Crippen molar-refractivity contribution in [3.63, 3.8) is 0 Å². The van der Waals surface area contributed by atoms with E-state index < -0.39 is 16.0 Å². The van der Waals surface area contributed by atoms with Gasteiger partial charge in [0, 0.05) is 13.1 Å². The molecule has 0 unspecified atom stereocenters. The Labute approximate surface area is 121 Å². The second-order valence-corrected chi connectivity index (χ2v) is 7.14. The number of nitrogens with zero attached hydrogens (tertiary/aromatic N) is 2. The normalized spacial score (nSPS) is 16.6. The zero-order valence-electron chi connectivity index (χ0n) is 10.7. The summed E-state index contributed by atoms with van der Waals surface area (Å²) in [7, 11) is -3.66. The van der Waals surface area contributed by atoms with E-state index >= 15 is 0 Å². The molecular formula is C12H14N2O4S2. The predicted octanol–water partition coefficient (Wildman–Crippen LogP) is 1.60. The smallest absolute Gasteiger partial charge is 0.350 e. The molecule has 0 spiro atoms. The Balaban J connectivity index is 2.26. The molecule has 1 saturated heterocycles. The van der Waals surface area contributed by atoms with E-state index in [1.165, 1.54) is 10.4 Å². The number of piperidine rings is 1. The molecule has 0 amide bonds. The van der Waals surface area contributed by atoms with Crippen molar-refractivity contribution in [1.29, 1.82) is 5.26 Å². The Hall–Kier alpha value is -1.43. The lowest BCUT2D eigenvalue weighted by Crippen LogP contribution is -2.36. The number of hydrogen-bond acceptors (Lipinski definition) is 6. The molecule has 0 bridgehead atoms. The van der Waals surface area contributed by atoms with Crippen LogP contribution in [0.15, 0.2) is 16.3 Å². The summed E-state index contributed by atoms with van der Waals surface area (Å²) in [6.45, 7) is 0.565. The largest absolute Gasteiger partial charge is 0.446 e. The zero-order chi connectivity index (χ0) is 14.6. The van der Waals surface area contributed by atoms with Crippen molar-refractivity contribution in [2.75, 3.05) is 19.7 Å². The van der Waals surface area contributed by atoms with Crippen LogP contribution in [0.25, 0.3) is 0 Å². The van der Waals surface area contributed by atoms with Gasteiger partial charge in [-0.3, -0.25) is 0 Å². The summed E-state index contributed by atoms with van der Waals surface area (Å²) in [5.74, 6) is -0.767. The molecule has 1 aromatic heterocycles. The monoisotopic (exact) mass is 314 g/mol. The lowest BCUT2D eigenvalue weighted by molar-refractivity contribution is 0.0556. The van der Waals surface area contributed by atoms with Gasteiger partial charge in [0.2, 0.25) is 10.0 Å². The standard InChI is InChI=1S/C12H14N2O4S2/c13-5-8-18-12(15)11-10(4-9-19-11)20(16,17)14-6-2-1-3-7-14/h4,9H,1-3,6-8H2. The van der Waals surface area contributed by atoms with Gasteiger partial charge in [0.15, 0.2) is 6.61 Å². The number of hydrogen-bond donors (Lipinski definition) is 0. The molecule has 1 aromatic rings. The fourth-order valence-electron chi connectivity index (χ4n) is 2.06. The number of thiophene rings is 1. The fraction of sp³-hybridized carbons (Fsp3) is 0.500. The van der Waals surface area contributed by atoms with Crippen LogP contribution in [-0.2, 0) is 14.8 Å². The van der Waals surface area contributed by atoms with Crippen LogP contribution in [-0.4, -0.2) is 38.4 Å². The van der Waals surface area contributed by atoms with E-state index in [2.05, 4.69) is 4.74 Å². The Morgan fingerprint density at radius 3 is 2.75 bits per heavy atom. The quantitative estimate of drug-likeness (QED) is 0.788. The third-order valence-electron chi connectivity index (χ3n) is 3.02. The molecule has 0 N–H and O–H groups in total. The molecule has 1 aliphatic rings. The number of ether oxygens (including phenoxy) is 1. The Bertz CT molecular complexity index is 624. The van der Waals surface area contributed by atoms with E-state index in [1.54, 1.807) is 11.4 Å². The highest BCUT2D eigenvalue weighted by molar-refractivity contribution is 7.89. The first-order chi connectivity index (χ1) is 9.57. The number of carbonyl (C=O) groups is 1. The molecule has 1 aliphatic heterocycles. The van der Waals surface area contributed by atoms with Crippen molar-refractivity contribution < 1.29 is 17.9 Å². The highest BCUT2D eigenvalue weighted by Gasteiger charge is 2.31. The van der Waals surface area contributed by atoms with Crippen molar-refractivity contribution in [1.82, 2.24) is 4.31 Å². The maximum Gasteiger partial charge on any atom is 0.350 e. The van der Waals surface area contributed by atoms with Crippen molar-refractivity contribution in [3.8, 4) is 6.07 Å².